The first-order chi connectivity index (χ1) is 11.0. The minimum absolute atomic E-state index is 0.0455. The van der Waals surface area contributed by atoms with Gasteiger partial charge in [0.1, 0.15) is 5.82 Å². The summed E-state index contributed by atoms with van der Waals surface area (Å²) in [7, 11) is -3.69. The first kappa shape index (κ1) is 15.7. The molecule has 0 saturated heterocycles. The lowest BCUT2D eigenvalue weighted by atomic mass is 10.2. The van der Waals surface area contributed by atoms with Crippen LogP contribution in [0.3, 0.4) is 0 Å². The molecule has 3 aromatic rings. The van der Waals surface area contributed by atoms with Crippen molar-refractivity contribution in [1.82, 2.24) is 9.97 Å². The second kappa shape index (κ2) is 6.49. The third-order valence-corrected chi connectivity index (χ3v) is 5.43. The molecule has 0 saturated carbocycles. The molecule has 1 aromatic carbocycles. The number of hydrogen-bond donors (Lipinski definition) is 3. The van der Waals surface area contributed by atoms with E-state index in [4.69, 9.17) is 5.14 Å². The van der Waals surface area contributed by atoms with Crippen molar-refractivity contribution in [1.29, 1.82) is 0 Å². The highest BCUT2D eigenvalue weighted by Gasteiger charge is 2.12. The number of thiazole rings is 1. The first-order valence-electron chi connectivity index (χ1n) is 6.84. The monoisotopic (exact) mass is 349 g/mol. The maximum Gasteiger partial charge on any atom is 0.249 e. The number of anilines is 2. The number of rotatable bonds is 6. The number of benzene rings is 1. The van der Waals surface area contributed by atoms with Crippen LogP contribution in [-0.4, -0.2) is 31.5 Å². The summed E-state index contributed by atoms with van der Waals surface area (Å²) in [5, 5.41) is 12.9. The Labute approximate surface area is 137 Å². The van der Waals surface area contributed by atoms with Crippen LogP contribution in [0.4, 0.5) is 10.9 Å². The fraction of sp³-hybridized carbons (Fsp3) is 0.143. The minimum atomic E-state index is -3.69. The van der Waals surface area contributed by atoms with Crippen molar-refractivity contribution in [3.05, 3.63) is 42.6 Å². The smallest absolute Gasteiger partial charge is 0.249 e. The van der Waals surface area contributed by atoms with Crippen molar-refractivity contribution < 1.29 is 8.42 Å². The van der Waals surface area contributed by atoms with E-state index in [1.807, 2.05) is 36.4 Å². The molecule has 0 fully saturated rings. The highest BCUT2D eigenvalue weighted by atomic mass is 32.2. The van der Waals surface area contributed by atoms with Gasteiger partial charge in [-0.25, -0.2) is 23.5 Å². The van der Waals surface area contributed by atoms with E-state index in [-0.39, 0.29) is 4.21 Å². The normalized spacial score (nSPS) is 11.5. The number of primary sulfonamides is 1. The molecule has 0 aliphatic carbocycles. The molecule has 0 amide bonds. The fourth-order valence-corrected chi connectivity index (χ4v) is 3.47. The molecule has 3 rings (SSSR count). The summed E-state index contributed by atoms with van der Waals surface area (Å²) < 4.78 is 22.4. The molecule has 9 heteroatoms. The lowest BCUT2D eigenvalue weighted by molar-refractivity contribution is 0.599. The number of nitrogens with one attached hydrogen (secondary N) is 2. The van der Waals surface area contributed by atoms with Gasteiger partial charge in [0.25, 0.3) is 0 Å². The third-order valence-electron chi connectivity index (χ3n) is 3.07. The summed E-state index contributed by atoms with van der Waals surface area (Å²) in [6.07, 6.45) is 1.25. The number of para-hydroxylation sites is 1. The van der Waals surface area contributed by atoms with Crippen molar-refractivity contribution >= 4 is 43.2 Å². The van der Waals surface area contributed by atoms with E-state index in [0.717, 1.165) is 28.1 Å². The lowest BCUT2D eigenvalue weighted by Gasteiger charge is -2.07. The third kappa shape index (κ3) is 3.95. The van der Waals surface area contributed by atoms with Gasteiger partial charge in [-0.05, 0) is 18.2 Å². The van der Waals surface area contributed by atoms with Crippen LogP contribution in [0, 0.1) is 0 Å². The Kier molecular flexibility index (Phi) is 4.42. The standard InChI is InChI=1S/C14H15N5O2S2/c15-23(20,21)13-9-18-14(22-13)17-8-7-16-12-6-5-10-3-1-2-4-11(10)19-12/h1-6,9H,7-8H2,(H,16,19)(H,17,18)(H2,15,20,21). The Bertz CT molecular complexity index is 924. The van der Waals surface area contributed by atoms with E-state index in [1.165, 1.54) is 6.20 Å². The quantitative estimate of drug-likeness (QED) is 0.586. The fourth-order valence-electron chi connectivity index (χ4n) is 2.00. The van der Waals surface area contributed by atoms with Gasteiger partial charge >= 0.3 is 0 Å². The number of pyridine rings is 1. The number of nitrogens with zero attached hydrogens (tertiary/aromatic N) is 2. The molecule has 120 valence electrons. The van der Waals surface area contributed by atoms with Crippen molar-refractivity contribution in [3.63, 3.8) is 0 Å². The van der Waals surface area contributed by atoms with E-state index in [2.05, 4.69) is 20.6 Å². The molecule has 0 unspecified atom stereocenters. The van der Waals surface area contributed by atoms with Crippen LogP contribution in [0.1, 0.15) is 0 Å². The maximum atomic E-state index is 11.2. The van der Waals surface area contributed by atoms with Gasteiger partial charge in [0.15, 0.2) is 9.34 Å². The Morgan fingerprint density at radius 2 is 1.87 bits per heavy atom. The minimum Gasteiger partial charge on any atom is -0.368 e. The molecule has 4 N–H and O–H groups in total. The molecular weight excluding hydrogens is 334 g/mol. The Hall–Kier alpha value is -2.23. The average molecular weight is 349 g/mol. The zero-order chi connectivity index (χ0) is 16.3. The molecule has 0 aliphatic rings. The molecule has 7 nitrogen and oxygen atoms in total. The van der Waals surface area contributed by atoms with Crippen LogP contribution in [0.2, 0.25) is 0 Å². The summed E-state index contributed by atoms with van der Waals surface area (Å²) in [6, 6.07) is 11.8. The van der Waals surface area contributed by atoms with Crippen molar-refractivity contribution in [3.8, 4) is 0 Å². The van der Waals surface area contributed by atoms with Gasteiger partial charge in [0.2, 0.25) is 10.0 Å². The highest BCUT2D eigenvalue weighted by Crippen LogP contribution is 2.21. The van der Waals surface area contributed by atoms with Gasteiger partial charge in [-0.15, -0.1) is 0 Å². The molecule has 0 radical (unpaired) electrons. The van der Waals surface area contributed by atoms with Crippen LogP contribution in [-0.2, 0) is 10.0 Å². The van der Waals surface area contributed by atoms with Gasteiger partial charge in [-0.3, -0.25) is 0 Å². The van der Waals surface area contributed by atoms with E-state index < -0.39 is 10.0 Å². The number of aromatic nitrogens is 2. The van der Waals surface area contributed by atoms with E-state index in [9.17, 15) is 8.42 Å². The predicted octanol–water partition coefficient (Wildman–Crippen LogP) is 1.86. The van der Waals surface area contributed by atoms with Crippen molar-refractivity contribution in [2.75, 3.05) is 23.7 Å². The van der Waals surface area contributed by atoms with E-state index in [0.29, 0.717) is 18.2 Å². The first-order valence-corrected chi connectivity index (χ1v) is 9.21. The highest BCUT2D eigenvalue weighted by molar-refractivity contribution is 7.91. The topological polar surface area (TPSA) is 110 Å². The second-order valence-electron chi connectivity index (χ2n) is 4.77. The van der Waals surface area contributed by atoms with Crippen LogP contribution in [0.25, 0.3) is 10.9 Å². The Morgan fingerprint density at radius 1 is 1.09 bits per heavy atom. The van der Waals surface area contributed by atoms with Gasteiger partial charge in [0, 0.05) is 18.5 Å². The van der Waals surface area contributed by atoms with E-state index in [1.54, 1.807) is 0 Å². The van der Waals surface area contributed by atoms with Crippen molar-refractivity contribution in [2.24, 2.45) is 5.14 Å². The van der Waals surface area contributed by atoms with Crippen LogP contribution < -0.4 is 15.8 Å². The number of hydrogen-bond acceptors (Lipinski definition) is 7. The number of sulfonamides is 1. The molecule has 2 aromatic heterocycles. The number of fused-ring (bicyclic) bond motifs is 1. The predicted molar refractivity (Wildman–Crippen MR) is 92.2 cm³/mol. The average Bonchev–Trinajstić information content (AvgIpc) is 3.00. The zero-order valence-corrected chi connectivity index (χ0v) is 13.7. The van der Waals surface area contributed by atoms with Gasteiger partial charge in [-0.1, -0.05) is 29.5 Å². The Morgan fingerprint density at radius 3 is 2.65 bits per heavy atom. The maximum absolute atomic E-state index is 11.2. The van der Waals surface area contributed by atoms with Crippen LogP contribution in [0.15, 0.2) is 46.8 Å². The molecular formula is C14H15N5O2S2. The summed E-state index contributed by atoms with van der Waals surface area (Å²) in [4.78, 5) is 8.48. The number of nitrogens with two attached hydrogens (primary N) is 1. The largest absolute Gasteiger partial charge is 0.368 e. The van der Waals surface area contributed by atoms with E-state index >= 15 is 0 Å². The van der Waals surface area contributed by atoms with Crippen molar-refractivity contribution in [2.45, 2.75) is 4.21 Å². The SMILES string of the molecule is NS(=O)(=O)c1cnc(NCCNc2ccc3ccccc3n2)s1. The van der Waals surface area contributed by atoms with Gasteiger partial charge in [0.05, 0.1) is 11.7 Å². The zero-order valence-electron chi connectivity index (χ0n) is 12.1. The lowest BCUT2D eigenvalue weighted by Crippen LogP contribution is -2.14. The molecule has 0 atom stereocenters. The summed E-state index contributed by atoms with van der Waals surface area (Å²) in [5.41, 5.74) is 0.933. The molecule has 2 heterocycles. The molecule has 0 bridgehead atoms. The summed E-state index contributed by atoms with van der Waals surface area (Å²) in [5.74, 6) is 0.787. The van der Waals surface area contributed by atoms with Crippen LogP contribution >= 0.6 is 11.3 Å². The van der Waals surface area contributed by atoms with Gasteiger partial charge in [-0.2, -0.15) is 0 Å². The van der Waals surface area contributed by atoms with Gasteiger partial charge < -0.3 is 10.6 Å². The Balaban J connectivity index is 1.53. The summed E-state index contributed by atoms with van der Waals surface area (Å²) in [6.45, 7) is 1.20. The second-order valence-corrected chi connectivity index (χ2v) is 7.59. The molecule has 0 aliphatic heterocycles. The molecule has 0 spiro atoms. The summed E-state index contributed by atoms with van der Waals surface area (Å²) >= 11 is 1.01. The van der Waals surface area contributed by atoms with Crippen LogP contribution in [0.5, 0.6) is 0 Å². The molecule has 23 heavy (non-hydrogen) atoms.